The van der Waals surface area contributed by atoms with Crippen LogP contribution < -0.4 is 0 Å². The molecule has 0 aromatic heterocycles. The van der Waals surface area contributed by atoms with Crippen LogP contribution in [0.3, 0.4) is 0 Å². The zero-order valence-corrected chi connectivity index (χ0v) is 9.11. The van der Waals surface area contributed by atoms with Gasteiger partial charge in [0, 0.05) is 46.1 Å². The van der Waals surface area contributed by atoms with Gasteiger partial charge < -0.3 is 14.9 Å². The first-order valence-electron chi connectivity index (χ1n) is 5.29. The SMILES string of the molecule is CC(=O)N1CCN(C(=O)CCCO)CC1. The largest absolute Gasteiger partial charge is 0.396 e. The van der Waals surface area contributed by atoms with E-state index in [0.717, 1.165) is 0 Å². The summed E-state index contributed by atoms with van der Waals surface area (Å²) in [5, 5.41) is 8.60. The molecular formula is C10H18N2O3. The molecule has 0 atom stereocenters. The lowest BCUT2D eigenvalue weighted by molar-refractivity contribution is -0.138. The van der Waals surface area contributed by atoms with Gasteiger partial charge in [-0.15, -0.1) is 0 Å². The van der Waals surface area contributed by atoms with Gasteiger partial charge in [-0.25, -0.2) is 0 Å². The summed E-state index contributed by atoms with van der Waals surface area (Å²) in [5.41, 5.74) is 0. The molecule has 0 spiro atoms. The maximum atomic E-state index is 11.5. The lowest BCUT2D eigenvalue weighted by Gasteiger charge is -2.34. The maximum absolute atomic E-state index is 11.5. The normalized spacial score (nSPS) is 16.7. The van der Waals surface area contributed by atoms with Crippen molar-refractivity contribution in [3.63, 3.8) is 0 Å². The summed E-state index contributed by atoms with van der Waals surface area (Å²) in [6.07, 6.45) is 0.919. The zero-order chi connectivity index (χ0) is 11.3. The van der Waals surface area contributed by atoms with Crippen molar-refractivity contribution in [1.29, 1.82) is 0 Å². The molecule has 86 valence electrons. The number of aliphatic hydroxyl groups is 1. The van der Waals surface area contributed by atoms with Crippen LogP contribution in [0.2, 0.25) is 0 Å². The quantitative estimate of drug-likeness (QED) is 0.685. The average molecular weight is 214 g/mol. The van der Waals surface area contributed by atoms with Crippen molar-refractivity contribution in [2.24, 2.45) is 0 Å². The number of aliphatic hydroxyl groups excluding tert-OH is 1. The van der Waals surface area contributed by atoms with E-state index >= 15 is 0 Å². The van der Waals surface area contributed by atoms with E-state index < -0.39 is 0 Å². The topological polar surface area (TPSA) is 60.9 Å². The third-order valence-electron chi connectivity index (χ3n) is 2.63. The van der Waals surface area contributed by atoms with Gasteiger partial charge in [0.15, 0.2) is 0 Å². The summed E-state index contributed by atoms with van der Waals surface area (Å²) < 4.78 is 0. The van der Waals surface area contributed by atoms with Crippen molar-refractivity contribution in [2.75, 3.05) is 32.8 Å². The smallest absolute Gasteiger partial charge is 0.222 e. The summed E-state index contributed by atoms with van der Waals surface area (Å²) >= 11 is 0. The molecule has 1 fully saturated rings. The van der Waals surface area contributed by atoms with E-state index in [0.29, 0.717) is 39.0 Å². The minimum atomic E-state index is 0.0547. The van der Waals surface area contributed by atoms with Crippen molar-refractivity contribution >= 4 is 11.8 Å². The Kier molecular flexibility index (Phi) is 4.55. The number of nitrogens with zero attached hydrogens (tertiary/aromatic N) is 2. The number of carbonyl (C=O) groups excluding carboxylic acids is 2. The van der Waals surface area contributed by atoms with Crippen LogP contribution >= 0.6 is 0 Å². The fourth-order valence-electron chi connectivity index (χ4n) is 1.66. The first kappa shape index (κ1) is 12.0. The van der Waals surface area contributed by atoms with Crippen LogP contribution in [0.25, 0.3) is 0 Å². The maximum Gasteiger partial charge on any atom is 0.222 e. The second kappa shape index (κ2) is 5.70. The Morgan fingerprint density at radius 2 is 1.67 bits per heavy atom. The highest BCUT2D eigenvalue weighted by Crippen LogP contribution is 2.05. The molecule has 0 saturated carbocycles. The number of hydrogen-bond acceptors (Lipinski definition) is 3. The molecule has 5 nitrogen and oxygen atoms in total. The van der Waals surface area contributed by atoms with Gasteiger partial charge in [-0.05, 0) is 6.42 Å². The van der Waals surface area contributed by atoms with E-state index in [2.05, 4.69) is 0 Å². The molecule has 0 bridgehead atoms. The van der Waals surface area contributed by atoms with Gasteiger partial charge in [-0.3, -0.25) is 9.59 Å². The minimum Gasteiger partial charge on any atom is -0.396 e. The molecule has 2 amide bonds. The Labute approximate surface area is 89.7 Å². The average Bonchev–Trinajstić information content (AvgIpc) is 2.26. The number of amides is 2. The summed E-state index contributed by atoms with van der Waals surface area (Å²) in [6, 6.07) is 0. The second-order valence-corrected chi connectivity index (χ2v) is 3.71. The van der Waals surface area contributed by atoms with Crippen LogP contribution in [0.4, 0.5) is 0 Å². The van der Waals surface area contributed by atoms with Crippen LogP contribution in [0, 0.1) is 0 Å². The van der Waals surface area contributed by atoms with Crippen molar-refractivity contribution in [3.8, 4) is 0 Å². The molecule has 1 aliphatic heterocycles. The summed E-state index contributed by atoms with van der Waals surface area (Å²) in [7, 11) is 0. The molecule has 1 saturated heterocycles. The molecule has 0 aliphatic carbocycles. The molecule has 1 rings (SSSR count). The van der Waals surface area contributed by atoms with Gasteiger partial charge in [0.25, 0.3) is 0 Å². The van der Waals surface area contributed by atoms with Crippen LogP contribution in [-0.4, -0.2) is 59.5 Å². The van der Waals surface area contributed by atoms with Gasteiger partial charge in [-0.2, -0.15) is 0 Å². The minimum absolute atomic E-state index is 0.0547. The second-order valence-electron chi connectivity index (χ2n) is 3.71. The first-order chi connectivity index (χ1) is 7.15. The van der Waals surface area contributed by atoms with E-state index in [9.17, 15) is 9.59 Å². The highest BCUT2D eigenvalue weighted by Gasteiger charge is 2.21. The van der Waals surface area contributed by atoms with Gasteiger partial charge >= 0.3 is 0 Å². The van der Waals surface area contributed by atoms with Crippen molar-refractivity contribution < 1.29 is 14.7 Å². The Bertz CT molecular complexity index is 235. The molecular weight excluding hydrogens is 196 g/mol. The Hall–Kier alpha value is -1.10. The first-order valence-corrected chi connectivity index (χ1v) is 5.29. The Morgan fingerprint density at radius 1 is 1.13 bits per heavy atom. The van der Waals surface area contributed by atoms with Crippen LogP contribution in [0.1, 0.15) is 19.8 Å². The van der Waals surface area contributed by atoms with Crippen LogP contribution in [-0.2, 0) is 9.59 Å². The number of carbonyl (C=O) groups is 2. The standard InChI is InChI=1S/C10H18N2O3/c1-9(14)11-4-6-12(7-5-11)10(15)3-2-8-13/h13H,2-8H2,1H3. The molecule has 0 unspecified atom stereocenters. The van der Waals surface area contributed by atoms with Gasteiger partial charge in [-0.1, -0.05) is 0 Å². The summed E-state index contributed by atoms with van der Waals surface area (Å²) in [5.74, 6) is 0.143. The van der Waals surface area contributed by atoms with E-state index in [1.54, 1.807) is 16.7 Å². The number of piperazine rings is 1. The third-order valence-corrected chi connectivity index (χ3v) is 2.63. The highest BCUT2D eigenvalue weighted by molar-refractivity contribution is 5.77. The fraction of sp³-hybridized carbons (Fsp3) is 0.800. The van der Waals surface area contributed by atoms with E-state index in [4.69, 9.17) is 5.11 Å². The predicted octanol–water partition coefficient (Wildman–Crippen LogP) is -0.550. The molecule has 15 heavy (non-hydrogen) atoms. The molecule has 1 N–H and O–H groups in total. The molecule has 0 aromatic carbocycles. The zero-order valence-electron chi connectivity index (χ0n) is 9.11. The summed E-state index contributed by atoms with van der Waals surface area (Å²) in [4.78, 5) is 26.1. The molecule has 1 aliphatic rings. The molecule has 0 radical (unpaired) electrons. The van der Waals surface area contributed by atoms with E-state index in [1.807, 2.05) is 0 Å². The van der Waals surface area contributed by atoms with Crippen LogP contribution in [0.5, 0.6) is 0 Å². The lowest BCUT2D eigenvalue weighted by Crippen LogP contribution is -2.50. The van der Waals surface area contributed by atoms with Gasteiger partial charge in [0.2, 0.25) is 11.8 Å². The predicted molar refractivity (Wildman–Crippen MR) is 55.2 cm³/mol. The lowest BCUT2D eigenvalue weighted by atomic mass is 10.2. The fourth-order valence-corrected chi connectivity index (χ4v) is 1.66. The Balaban J connectivity index is 2.30. The molecule has 0 aromatic rings. The Morgan fingerprint density at radius 3 is 2.13 bits per heavy atom. The number of rotatable bonds is 3. The van der Waals surface area contributed by atoms with E-state index in [-0.39, 0.29) is 18.4 Å². The van der Waals surface area contributed by atoms with E-state index in [1.165, 1.54) is 0 Å². The highest BCUT2D eigenvalue weighted by atomic mass is 16.3. The van der Waals surface area contributed by atoms with Crippen molar-refractivity contribution in [1.82, 2.24) is 9.80 Å². The third kappa shape index (κ3) is 3.51. The number of hydrogen-bond donors (Lipinski definition) is 1. The summed E-state index contributed by atoms with van der Waals surface area (Å²) in [6.45, 7) is 4.08. The van der Waals surface area contributed by atoms with Gasteiger partial charge in [0.05, 0.1) is 0 Å². The van der Waals surface area contributed by atoms with Gasteiger partial charge in [0.1, 0.15) is 0 Å². The molecule has 1 heterocycles. The monoisotopic (exact) mass is 214 g/mol. The van der Waals surface area contributed by atoms with Crippen molar-refractivity contribution in [2.45, 2.75) is 19.8 Å². The molecule has 5 heteroatoms. The van der Waals surface area contributed by atoms with Crippen molar-refractivity contribution in [3.05, 3.63) is 0 Å². The van der Waals surface area contributed by atoms with Crippen LogP contribution in [0.15, 0.2) is 0 Å².